The molecule has 3 saturated heterocycles. The molecule has 0 aliphatic carbocycles. The van der Waals surface area contributed by atoms with Gasteiger partial charge in [0.25, 0.3) is 0 Å². The molecule has 1 N–H and O–H groups in total. The molecule has 3 aliphatic rings. The average Bonchev–Trinajstić information content (AvgIpc) is 3.30. The monoisotopic (exact) mass is 372 g/mol. The third-order valence-corrected chi connectivity index (χ3v) is 6.96. The Labute approximate surface area is 162 Å². The van der Waals surface area contributed by atoms with E-state index >= 15 is 0 Å². The Morgan fingerprint density at radius 3 is 2.93 bits per heavy atom. The third kappa shape index (κ3) is 3.25. The molecule has 1 aromatic carbocycles. The van der Waals surface area contributed by atoms with Crippen LogP contribution < -0.4 is 10.1 Å². The van der Waals surface area contributed by atoms with Crippen LogP contribution in [0.5, 0.6) is 5.75 Å². The lowest BCUT2D eigenvalue weighted by Gasteiger charge is -2.29. The number of hydrogen-bond donors (Lipinski definition) is 1. The second-order valence-corrected chi connectivity index (χ2v) is 8.61. The van der Waals surface area contributed by atoms with Crippen LogP contribution in [0.4, 0.5) is 0 Å². The zero-order valence-corrected chi connectivity index (χ0v) is 17.0. The number of methoxy groups -OCH3 is 1. The van der Waals surface area contributed by atoms with Crippen molar-refractivity contribution in [1.82, 2.24) is 10.2 Å². The highest BCUT2D eigenvalue weighted by Gasteiger charge is 2.62. The molecule has 4 atom stereocenters. The van der Waals surface area contributed by atoms with Crippen LogP contribution in [0, 0.1) is 25.7 Å². The average molecular weight is 373 g/mol. The van der Waals surface area contributed by atoms with E-state index in [1.165, 1.54) is 16.7 Å². The van der Waals surface area contributed by atoms with E-state index in [1.54, 1.807) is 7.11 Å². The Bertz CT molecular complexity index is 735. The highest BCUT2D eigenvalue weighted by atomic mass is 16.5. The molecule has 27 heavy (non-hydrogen) atoms. The lowest BCUT2D eigenvalue weighted by atomic mass is 9.73. The quantitative estimate of drug-likeness (QED) is 0.834. The number of rotatable bonds is 6. The van der Waals surface area contributed by atoms with E-state index in [4.69, 9.17) is 9.47 Å². The Kier molecular flexibility index (Phi) is 4.93. The number of amides is 1. The minimum Gasteiger partial charge on any atom is -0.496 e. The summed E-state index contributed by atoms with van der Waals surface area (Å²) >= 11 is 0. The molecule has 3 heterocycles. The van der Waals surface area contributed by atoms with Crippen LogP contribution in [-0.2, 0) is 16.1 Å². The molecule has 0 aromatic heterocycles. The van der Waals surface area contributed by atoms with Crippen molar-refractivity contribution in [3.8, 4) is 5.75 Å². The SMILES string of the molecule is CCC(=O)NC[C@H]1[C@H]2CN(Cc3cc(C)c(OC)cc3C)C[C@]23CC[C@H]1O3. The smallest absolute Gasteiger partial charge is 0.219 e. The molecule has 5 heteroatoms. The molecule has 1 amide bonds. The Morgan fingerprint density at radius 2 is 2.19 bits per heavy atom. The van der Waals surface area contributed by atoms with Gasteiger partial charge in [-0.25, -0.2) is 0 Å². The molecule has 0 radical (unpaired) electrons. The van der Waals surface area contributed by atoms with Crippen molar-refractivity contribution in [2.45, 2.75) is 58.3 Å². The highest BCUT2D eigenvalue weighted by Crippen LogP contribution is 2.54. The van der Waals surface area contributed by atoms with E-state index in [0.29, 0.717) is 24.4 Å². The van der Waals surface area contributed by atoms with Crippen molar-refractivity contribution in [3.05, 3.63) is 28.8 Å². The summed E-state index contributed by atoms with van der Waals surface area (Å²) in [5.41, 5.74) is 3.86. The summed E-state index contributed by atoms with van der Waals surface area (Å²) in [6, 6.07) is 4.40. The molecule has 3 fully saturated rings. The van der Waals surface area contributed by atoms with Gasteiger partial charge in [0, 0.05) is 44.4 Å². The van der Waals surface area contributed by atoms with Gasteiger partial charge >= 0.3 is 0 Å². The standard InChI is InChI=1S/C22H32N2O3/c1-5-21(25)23-10-17-18-12-24(13-22(18)7-6-19(17)27-22)11-16-8-15(3)20(26-4)9-14(16)2/h8-9,17-19H,5-7,10-13H2,1-4H3,(H,23,25)/t17-,18+,19+,22+/m0/s1. The largest absolute Gasteiger partial charge is 0.496 e. The van der Waals surface area contributed by atoms with Crippen molar-refractivity contribution in [2.24, 2.45) is 11.8 Å². The van der Waals surface area contributed by atoms with E-state index in [1.807, 2.05) is 6.92 Å². The van der Waals surface area contributed by atoms with Crippen LogP contribution in [0.2, 0.25) is 0 Å². The summed E-state index contributed by atoms with van der Waals surface area (Å²) in [7, 11) is 1.73. The molecule has 4 rings (SSSR count). The van der Waals surface area contributed by atoms with Crippen molar-refractivity contribution < 1.29 is 14.3 Å². The molecule has 5 nitrogen and oxygen atoms in total. The van der Waals surface area contributed by atoms with Gasteiger partial charge < -0.3 is 14.8 Å². The highest BCUT2D eigenvalue weighted by molar-refractivity contribution is 5.75. The number of benzene rings is 1. The van der Waals surface area contributed by atoms with Crippen molar-refractivity contribution in [2.75, 3.05) is 26.7 Å². The minimum atomic E-state index is 0.0156. The van der Waals surface area contributed by atoms with Crippen LogP contribution >= 0.6 is 0 Å². The summed E-state index contributed by atoms with van der Waals surface area (Å²) in [5, 5.41) is 3.11. The number of fused-ring (bicyclic) bond motifs is 1. The first-order valence-electron chi connectivity index (χ1n) is 10.3. The van der Waals surface area contributed by atoms with Crippen LogP contribution in [0.3, 0.4) is 0 Å². The lowest BCUT2D eigenvalue weighted by Crippen LogP contribution is -2.41. The summed E-state index contributed by atoms with van der Waals surface area (Å²) < 4.78 is 12.0. The lowest BCUT2D eigenvalue weighted by molar-refractivity contribution is -0.121. The van der Waals surface area contributed by atoms with Gasteiger partial charge in [0.1, 0.15) is 5.75 Å². The van der Waals surface area contributed by atoms with E-state index in [9.17, 15) is 4.79 Å². The zero-order valence-electron chi connectivity index (χ0n) is 17.0. The van der Waals surface area contributed by atoms with Gasteiger partial charge in [-0.2, -0.15) is 0 Å². The second kappa shape index (κ2) is 7.10. The van der Waals surface area contributed by atoms with Gasteiger partial charge in [-0.15, -0.1) is 0 Å². The Balaban J connectivity index is 1.46. The summed E-state index contributed by atoms with van der Waals surface area (Å²) in [6.07, 6.45) is 3.19. The first kappa shape index (κ1) is 18.8. The van der Waals surface area contributed by atoms with Crippen LogP contribution in [0.1, 0.15) is 42.9 Å². The van der Waals surface area contributed by atoms with E-state index < -0.39 is 0 Å². The summed E-state index contributed by atoms with van der Waals surface area (Å²) in [5.74, 6) is 2.10. The molecule has 2 bridgehead atoms. The predicted molar refractivity (Wildman–Crippen MR) is 105 cm³/mol. The number of nitrogens with one attached hydrogen (secondary N) is 1. The molecule has 0 saturated carbocycles. The fourth-order valence-electron chi connectivity index (χ4n) is 5.52. The fraction of sp³-hybridized carbons (Fsp3) is 0.682. The fourth-order valence-corrected chi connectivity index (χ4v) is 5.52. The van der Waals surface area contributed by atoms with E-state index in [2.05, 4.69) is 36.2 Å². The van der Waals surface area contributed by atoms with Crippen molar-refractivity contribution in [3.63, 3.8) is 0 Å². The van der Waals surface area contributed by atoms with Crippen LogP contribution in [-0.4, -0.2) is 49.3 Å². The molecule has 1 spiro atoms. The number of carbonyl (C=O) groups is 1. The molecular weight excluding hydrogens is 340 g/mol. The Morgan fingerprint density at radius 1 is 1.37 bits per heavy atom. The maximum absolute atomic E-state index is 11.7. The molecule has 3 aliphatic heterocycles. The van der Waals surface area contributed by atoms with E-state index in [-0.39, 0.29) is 11.5 Å². The zero-order chi connectivity index (χ0) is 19.2. The van der Waals surface area contributed by atoms with Crippen LogP contribution in [0.15, 0.2) is 12.1 Å². The number of ether oxygens (including phenoxy) is 2. The first-order valence-corrected chi connectivity index (χ1v) is 10.3. The number of carbonyl (C=O) groups excluding carboxylic acids is 1. The second-order valence-electron chi connectivity index (χ2n) is 8.61. The molecule has 148 valence electrons. The molecule has 1 aromatic rings. The minimum absolute atomic E-state index is 0.0156. The molecule has 0 unspecified atom stereocenters. The van der Waals surface area contributed by atoms with Crippen molar-refractivity contribution >= 4 is 5.91 Å². The van der Waals surface area contributed by atoms with Crippen molar-refractivity contribution in [1.29, 1.82) is 0 Å². The third-order valence-electron chi connectivity index (χ3n) is 6.96. The van der Waals surface area contributed by atoms with Gasteiger partial charge in [0.15, 0.2) is 0 Å². The van der Waals surface area contributed by atoms with Gasteiger partial charge in [-0.05, 0) is 49.4 Å². The maximum atomic E-state index is 11.7. The molecular formula is C22H32N2O3. The van der Waals surface area contributed by atoms with Crippen LogP contribution in [0.25, 0.3) is 0 Å². The van der Waals surface area contributed by atoms with Gasteiger partial charge in [0.05, 0.1) is 18.8 Å². The summed E-state index contributed by atoms with van der Waals surface area (Å²) in [6.45, 7) is 9.97. The predicted octanol–water partition coefficient (Wildman–Crippen LogP) is 2.82. The normalized spacial score (nSPS) is 31.9. The topological polar surface area (TPSA) is 50.8 Å². The van der Waals surface area contributed by atoms with Gasteiger partial charge in [-0.1, -0.05) is 13.0 Å². The number of nitrogens with zero attached hydrogens (tertiary/aromatic N) is 1. The number of hydrogen-bond acceptors (Lipinski definition) is 4. The Hall–Kier alpha value is -1.59. The maximum Gasteiger partial charge on any atom is 0.219 e. The number of aryl methyl sites for hydroxylation is 2. The summed E-state index contributed by atoms with van der Waals surface area (Å²) in [4.78, 5) is 14.3. The number of likely N-dealkylation sites (tertiary alicyclic amines) is 1. The van der Waals surface area contributed by atoms with E-state index in [0.717, 1.165) is 44.8 Å². The van der Waals surface area contributed by atoms with Gasteiger partial charge in [0.2, 0.25) is 5.91 Å². The first-order chi connectivity index (χ1) is 13.0. The van der Waals surface area contributed by atoms with Gasteiger partial charge in [-0.3, -0.25) is 9.69 Å².